The summed E-state index contributed by atoms with van der Waals surface area (Å²) < 4.78 is 2.04. The second-order valence-corrected chi connectivity index (χ2v) is 4.83. The molecule has 0 unspecified atom stereocenters. The molecule has 0 aliphatic heterocycles. The maximum atomic E-state index is 4.41. The van der Waals surface area contributed by atoms with Crippen LogP contribution in [0.5, 0.6) is 0 Å². The first-order valence-electron chi connectivity index (χ1n) is 6.68. The summed E-state index contributed by atoms with van der Waals surface area (Å²) in [7, 11) is 0. The molecule has 0 saturated heterocycles. The lowest BCUT2D eigenvalue weighted by Gasteiger charge is -2.13. The fourth-order valence-corrected chi connectivity index (χ4v) is 2.20. The average Bonchev–Trinajstić information content (AvgIpc) is 2.93. The lowest BCUT2D eigenvalue weighted by molar-refractivity contribution is 1.06. The number of aryl methyl sites for hydroxylation is 1. The standard InChI is InChI=1S/C17H17N3/c1-13-7-6-10-16(14(13)2)19-17-18-11-12-20(17)15-8-4-3-5-9-15/h3-12H,1-2H3,(H,18,19). The molecule has 100 valence electrons. The van der Waals surface area contributed by atoms with Gasteiger partial charge in [-0.25, -0.2) is 4.98 Å². The number of anilines is 2. The van der Waals surface area contributed by atoms with Gasteiger partial charge in [0.1, 0.15) is 0 Å². The Kier molecular flexibility index (Phi) is 3.25. The van der Waals surface area contributed by atoms with Crippen LogP contribution in [0, 0.1) is 13.8 Å². The van der Waals surface area contributed by atoms with Gasteiger partial charge < -0.3 is 5.32 Å². The lowest BCUT2D eigenvalue weighted by Crippen LogP contribution is -2.02. The maximum Gasteiger partial charge on any atom is 0.212 e. The van der Waals surface area contributed by atoms with E-state index >= 15 is 0 Å². The van der Waals surface area contributed by atoms with E-state index in [4.69, 9.17) is 0 Å². The molecule has 20 heavy (non-hydrogen) atoms. The van der Waals surface area contributed by atoms with Crippen molar-refractivity contribution < 1.29 is 0 Å². The van der Waals surface area contributed by atoms with Crippen LogP contribution in [0.15, 0.2) is 60.9 Å². The Morgan fingerprint density at radius 3 is 2.55 bits per heavy atom. The molecule has 1 heterocycles. The van der Waals surface area contributed by atoms with Crippen molar-refractivity contribution in [2.24, 2.45) is 0 Å². The quantitative estimate of drug-likeness (QED) is 0.766. The Balaban J connectivity index is 1.97. The van der Waals surface area contributed by atoms with E-state index in [0.29, 0.717) is 0 Å². The number of rotatable bonds is 3. The van der Waals surface area contributed by atoms with E-state index in [2.05, 4.69) is 54.5 Å². The number of nitrogens with zero attached hydrogens (tertiary/aromatic N) is 2. The molecule has 0 fully saturated rings. The molecule has 0 atom stereocenters. The molecular formula is C17H17N3. The Morgan fingerprint density at radius 2 is 1.75 bits per heavy atom. The minimum absolute atomic E-state index is 0.824. The third-order valence-electron chi connectivity index (χ3n) is 3.53. The fourth-order valence-electron chi connectivity index (χ4n) is 2.20. The summed E-state index contributed by atoms with van der Waals surface area (Å²) in [5.74, 6) is 0.824. The number of imidazole rings is 1. The first-order valence-corrected chi connectivity index (χ1v) is 6.68. The van der Waals surface area contributed by atoms with Crippen molar-refractivity contribution in [1.29, 1.82) is 0 Å². The zero-order chi connectivity index (χ0) is 13.9. The normalized spacial score (nSPS) is 10.5. The molecule has 0 bridgehead atoms. The predicted molar refractivity (Wildman–Crippen MR) is 82.8 cm³/mol. The number of nitrogens with one attached hydrogen (secondary N) is 1. The summed E-state index contributed by atoms with van der Waals surface area (Å²) in [4.78, 5) is 4.41. The predicted octanol–water partition coefficient (Wildman–Crippen LogP) is 4.23. The summed E-state index contributed by atoms with van der Waals surface area (Å²) in [5, 5.41) is 3.41. The van der Waals surface area contributed by atoms with Crippen molar-refractivity contribution in [3.05, 3.63) is 72.1 Å². The lowest BCUT2D eigenvalue weighted by atomic mass is 10.1. The third-order valence-corrected chi connectivity index (χ3v) is 3.53. The topological polar surface area (TPSA) is 29.9 Å². The molecule has 1 N–H and O–H groups in total. The van der Waals surface area contributed by atoms with Crippen LogP contribution in [0.25, 0.3) is 5.69 Å². The number of para-hydroxylation sites is 1. The summed E-state index contributed by atoms with van der Waals surface area (Å²) in [6, 6.07) is 16.4. The largest absolute Gasteiger partial charge is 0.325 e. The van der Waals surface area contributed by atoms with Crippen LogP contribution in [0.4, 0.5) is 11.6 Å². The molecule has 3 heteroatoms. The first kappa shape index (κ1) is 12.5. The molecule has 0 aliphatic rings. The van der Waals surface area contributed by atoms with Gasteiger partial charge in [0.2, 0.25) is 5.95 Å². The van der Waals surface area contributed by atoms with Gasteiger partial charge in [0.15, 0.2) is 0 Å². The summed E-state index contributed by atoms with van der Waals surface area (Å²) in [6.07, 6.45) is 3.77. The van der Waals surface area contributed by atoms with Crippen LogP contribution in [-0.4, -0.2) is 9.55 Å². The highest BCUT2D eigenvalue weighted by atomic mass is 15.2. The molecule has 0 spiro atoms. The number of aromatic nitrogens is 2. The number of benzene rings is 2. The van der Waals surface area contributed by atoms with Crippen LogP contribution in [0.2, 0.25) is 0 Å². The Morgan fingerprint density at radius 1 is 0.950 bits per heavy atom. The van der Waals surface area contributed by atoms with E-state index in [9.17, 15) is 0 Å². The van der Waals surface area contributed by atoms with E-state index in [1.165, 1.54) is 11.1 Å². The van der Waals surface area contributed by atoms with Crippen molar-refractivity contribution in [2.45, 2.75) is 13.8 Å². The van der Waals surface area contributed by atoms with Crippen molar-refractivity contribution in [3.8, 4) is 5.69 Å². The molecule has 3 aromatic rings. The van der Waals surface area contributed by atoms with Gasteiger partial charge in [-0.15, -0.1) is 0 Å². The first-order chi connectivity index (χ1) is 9.75. The molecule has 1 aromatic heterocycles. The van der Waals surface area contributed by atoms with E-state index in [0.717, 1.165) is 17.3 Å². The molecule has 0 saturated carbocycles. The molecule has 0 amide bonds. The Labute approximate surface area is 118 Å². The zero-order valence-electron chi connectivity index (χ0n) is 11.7. The van der Waals surface area contributed by atoms with Gasteiger partial charge in [-0.3, -0.25) is 4.57 Å². The van der Waals surface area contributed by atoms with Gasteiger partial charge in [-0.1, -0.05) is 30.3 Å². The fraction of sp³-hybridized carbons (Fsp3) is 0.118. The molecular weight excluding hydrogens is 246 g/mol. The highest BCUT2D eigenvalue weighted by molar-refractivity contribution is 5.61. The smallest absolute Gasteiger partial charge is 0.212 e. The monoisotopic (exact) mass is 263 g/mol. The zero-order valence-corrected chi connectivity index (χ0v) is 11.7. The minimum atomic E-state index is 0.824. The Hall–Kier alpha value is -2.55. The second-order valence-electron chi connectivity index (χ2n) is 4.83. The maximum absolute atomic E-state index is 4.41. The summed E-state index contributed by atoms with van der Waals surface area (Å²) >= 11 is 0. The molecule has 3 rings (SSSR count). The van der Waals surface area contributed by atoms with E-state index < -0.39 is 0 Å². The van der Waals surface area contributed by atoms with E-state index in [1.807, 2.05) is 29.0 Å². The second kappa shape index (κ2) is 5.21. The minimum Gasteiger partial charge on any atom is -0.325 e. The van der Waals surface area contributed by atoms with Crippen LogP contribution in [-0.2, 0) is 0 Å². The van der Waals surface area contributed by atoms with Gasteiger partial charge in [-0.2, -0.15) is 0 Å². The third kappa shape index (κ3) is 2.30. The van der Waals surface area contributed by atoms with Crippen LogP contribution in [0.3, 0.4) is 0 Å². The Bertz CT molecular complexity index is 714. The highest BCUT2D eigenvalue weighted by Gasteiger charge is 2.07. The van der Waals surface area contributed by atoms with Crippen molar-refractivity contribution >= 4 is 11.6 Å². The van der Waals surface area contributed by atoms with E-state index in [1.54, 1.807) is 6.20 Å². The van der Waals surface area contributed by atoms with Crippen LogP contribution < -0.4 is 5.32 Å². The number of hydrogen-bond donors (Lipinski definition) is 1. The van der Waals surface area contributed by atoms with Gasteiger partial charge in [0.05, 0.1) is 0 Å². The average molecular weight is 263 g/mol. The highest BCUT2D eigenvalue weighted by Crippen LogP contribution is 2.23. The van der Waals surface area contributed by atoms with Gasteiger partial charge in [0.25, 0.3) is 0 Å². The molecule has 0 aliphatic carbocycles. The summed E-state index contributed by atoms with van der Waals surface area (Å²) in [6.45, 7) is 4.23. The molecule has 2 aromatic carbocycles. The van der Waals surface area contributed by atoms with Crippen LogP contribution >= 0.6 is 0 Å². The van der Waals surface area contributed by atoms with Crippen molar-refractivity contribution in [3.63, 3.8) is 0 Å². The van der Waals surface area contributed by atoms with Gasteiger partial charge in [-0.05, 0) is 43.2 Å². The van der Waals surface area contributed by atoms with E-state index in [-0.39, 0.29) is 0 Å². The van der Waals surface area contributed by atoms with Gasteiger partial charge >= 0.3 is 0 Å². The van der Waals surface area contributed by atoms with Gasteiger partial charge in [0, 0.05) is 23.8 Å². The SMILES string of the molecule is Cc1cccc(Nc2nccn2-c2ccccc2)c1C. The molecule has 3 nitrogen and oxygen atoms in total. The van der Waals surface area contributed by atoms with Crippen molar-refractivity contribution in [1.82, 2.24) is 9.55 Å². The van der Waals surface area contributed by atoms with Crippen molar-refractivity contribution in [2.75, 3.05) is 5.32 Å². The summed E-state index contributed by atoms with van der Waals surface area (Å²) in [5.41, 5.74) is 4.70. The molecule has 0 radical (unpaired) electrons. The van der Waals surface area contributed by atoms with Crippen LogP contribution in [0.1, 0.15) is 11.1 Å². The number of hydrogen-bond acceptors (Lipinski definition) is 2.